The summed E-state index contributed by atoms with van der Waals surface area (Å²) in [6.07, 6.45) is -3.29. The fraction of sp³-hybridized carbons (Fsp3) is 0.0357. The van der Waals surface area contributed by atoms with Crippen molar-refractivity contribution in [2.45, 2.75) is 6.18 Å². The monoisotopic (exact) mass is 534 g/mol. The SMILES string of the molecule is O=C1NC(=S)N(c2ccc(Oc3ccccc3)cc2)C(=O)/C1=C/c1ccc(-c2cccc(C(F)(F)F)c2)o1. The van der Waals surface area contributed by atoms with Gasteiger partial charge in [-0.25, -0.2) is 0 Å². The summed E-state index contributed by atoms with van der Waals surface area (Å²) in [7, 11) is 0. The van der Waals surface area contributed by atoms with Crippen LogP contribution in [0.3, 0.4) is 0 Å². The summed E-state index contributed by atoms with van der Waals surface area (Å²) in [5.41, 5.74) is -0.481. The molecular weight excluding hydrogens is 517 g/mol. The van der Waals surface area contributed by atoms with E-state index in [0.29, 0.717) is 17.2 Å². The molecule has 3 aromatic carbocycles. The van der Waals surface area contributed by atoms with Gasteiger partial charge in [0.1, 0.15) is 28.6 Å². The largest absolute Gasteiger partial charge is 0.457 e. The second-order valence-electron chi connectivity index (χ2n) is 8.15. The molecule has 1 saturated heterocycles. The predicted octanol–water partition coefficient (Wildman–Crippen LogP) is 6.59. The predicted molar refractivity (Wildman–Crippen MR) is 138 cm³/mol. The van der Waals surface area contributed by atoms with E-state index in [2.05, 4.69) is 5.32 Å². The number of furan rings is 1. The van der Waals surface area contributed by atoms with Crippen LogP contribution in [0.15, 0.2) is 101 Å². The number of amides is 2. The van der Waals surface area contributed by atoms with Crippen LogP contribution in [0.4, 0.5) is 18.9 Å². The molecule has 2 amide bonds. The minimum absolute atomic E-state index is 0.0991. The number of alkyl halides is 3. The number of carbonyl (C=O) groups is 2. The van der Waals surface area contributed by atoms with Crippen molar-refractivity contribution >= 4 is 40.9 Å². The van der Waals surface area contributed by atoms with Crippen LogP contribution in [-0.4, -0.2) is 16.9 Å². The lowest BCUT2D eigenvalue weighted by atomic mass is 10.1. The Hall–Kier alpha value is -4.70. The second-order valence-corrected chi connectivity index (χ2v) is 8.53. The van der Waals surface area contributed by atoms with E-state index in [4.69, 9.17) is 21.4 Å². The van der Waals surface area contributed by atoms with Crippen LogP contribution in [-0.2, 0) is 15.8 Å². The minimum atomic E-state index is -4.51. The van der Waals surface area contributed by atoms with E-state index in [1.165, 1.54) is 30.3 Å². The highest BCUT2D eigenvalue weighted by atomic mass is 32.1. The lowest BCUT2D eigenvalue weighted by molar-refractivity contribution is -0.137. The smallest absolute Gasteiger partial charge is 0.416 e. The normalized spacial score (nSPS) is 15.1. The van der Waals surface area contributed by atoms with Crippen molar-refractivity contribution in [1.29, 1.82) is 0 Å². The number of thiocarbonyl (C=S) groups is 1. The summed E-state index contributed by atoms with van der Waals surface area (Å²) in [6, 6.07) is 23.3. The van der Waals surface area contributed by atoms with Crippen LogP contribution in [0.1, 0.15) is 11.3 Å². The first-order valence-electron chi connectivity index (χ1n) is 11.2. The quantitative estimate of drug-likeness (QED) is 0.178. The average molecular weight is 535 g/mol. The summed E-state index contributed by atoms with van der Waals surface area (Å²) in [6.45, 7) is 0. The Kier molecular flexibility index (Phi) is 6.56. The minimum Gasteiger partial charge on any atom is -0.457 e. The van der Waals surface area contributed by atoms with Crippen molar-refractivity contribution in [3.63, 3.8) is 0 Å². The molecule has 0 spiro atoms. The van der Waals surface area contributed by atoms with Gasteiger partial charge in [-0.1, -0.05) is 30.3 Å². The van der Waals surface area contributed by atoms with Gasteiger partial charge in [-0.05, 0) is 79.0 Å². The van der Waals surface area contributed by atoms with E-state index < -0.39 is 23.6 Å². The third kappa shape index (κ3) is 5.21. The van der Waals surface area contributed by atoms with E-state index in [9.17, 15) is 22.8 Å². The first-order chi connectivity index (χ1) is 18.2. The first-order valence-corrected chi connectivity index (χ1v) is 11.6. The maximum atomic E-state index is 13.3. The number of nitrogens with one attached hydrogen (secondary N) is 1. The highest BCUT2D eigenvalue weighted by molar-refractivity contribution is 7.80. The molecule has 38 heavy (non-hydrogen) atoms. The molecule has 0 saturated carbocycles. The Morgan fingerprint density at radius 2 is 1.58 bits per heavy atom. The van der Waals surface area contributed by atoms with Crippen molar-refractivity contribution in [3.05, 3.63) is 108 Å². The Morgan fingerprint density at radius 1 is 0.868 bits per heavy atom. The van der Waals surface area contributed by atoms with Crippen LogP contribution in [0, 0.1) is 0 Å². The Bertz CT molecular complexity index is 1560. The molecule has 0 unspecified atom stereocenters. The van der Waals surface area contributed by atoms with Gasteiger partial charge in [-0.3, -0.25) is 19.8 Å². The molecule has 0 bridgehead atoms. The molecule has 1 N–H and O–H groups in total. The molecule has 1 aromatic heterocycles. The lowest BCUT2D eigenvalue weighted by Crippen LogP contribution is -2.54. The topological polar surface area (TPSA) is 71.8 Å². The van der Waals surface area contributed by atoms with Gasteiger partial charge >= 0.3 is 6.18 Å². The summed E-state index contributed by atoms with van der Waals surface area (Å²) < 4.78 is 50.6. The number of hydrogen-bond donors (Lipinski definition) is 1. The van der Waals surface area contributed by atoms with Crippen molar-refractivity contribution in [3.8, 4) is 22.8 Å². The van der Waals surface area contributed by atoms with Gasteiger partial charge in [-0.15, -0.1) is 0 Å². The molecule has 190 valence electrons. The third-order valence-corrected chi connectivity index (χ3v) is 5.85. The standard InChI is InChI=1S/C28H17F3N2O4S/c29-28(30,31)18-6-4-5-17(15-18)24-14-13-22(37-24)16-23-25(34)32-27(38)33(26(23)35)19-9-11-21(12-10-19)36-20-7-2-1-3-8-20/h1-16H,(H,32,34,38)/b23-16+. The van der Waals surface area contributed by atoms with Crippen molar-refractivity contribution in [2.75, 3.05) is 4.90 Å². The Labute approximate surface area is 219 Å². The zero-order valence-corrected chi connectivity index (χ0v) is 20.2. The molecule has 4 aromatic rings. The van der Waals surface area contributed by atoms with Crippen LogP contribution in [0.2, 0.25) is 0 Å². The zero-order valence-electron chi connectivity index (χ0n) is 19.4. The van der Waals surface area contributed by atoms with Crippen LogP contribution < -0.4 is 15.0 Å². The molecule has 0 radical (unpaired) electrons. The van der Waals surface area contributed by atoms with Crippen molar-refractivity contribution in [2.24, 2.45) is 0 Å². The summed E-state index contributed by atoms with van der Waals surface area (Å²) in [4.78, 5) is 27.0. The average Bonchev–Trinajstić information content (AvgIpc) is 3.36. The van der Waals surface area contributed by atoms with Gasteiger partial charge in [0.2, 0.25) is 0 Å². The molecular formula is C28H17F3N2O4S. The molecule has 0 atom stereocenters. The van der Waals surface area contributed by atoms with Crippen LogP contribution in [0.5, 0.6) is 11.5 Å². The third-order valence-electron chi connectivity index (χ3n) is 5.56. The van der Waals surface area contributed by atoms with E-state index in [1.54, 1.807) is 36.4 Å². The lowest BCUT2D eigenvalue weighted by Gasteiger charge is -2.28. The fourth-order valence-corrected chi connectivity index (χ4v) is 4.04. The fourth-order valence-electron chi connectivity index (χ4n) is 3.76. The van der Waals surface area contributed by atoms with Crippen LogP contribution >= 0.6 is 12.2 Å². The van der Waals surface area contributed by atoms with Crippen LogP contribution in [0.25, 0.3) is 17.4 Å². The number of benzene rings is 3. The van der Waals surface area contributed by atoms with E-state index in [1.807, 2.05) is 18.2 Å². The van der Waals surface area contributed by atoms with E-state index in [-0.39, 0.29) is 27.8 Å². The van der Waals surface area contributed by atoms with Gasteiger partial charge in [0.25, 0.3) is 11.8 Å². The zero-order chi connectivity index (χ0) is 26.9. The molecule has 5 rings (SSSR count). The summed E-state index contributed by atoms with van der Waals surface area (Å²) in [5, 5.41) is 2.38. The number of rotatable bonds is 5. The Balaban J connectivity index is 1.39. The summed E-state index contributed by atoms with van der Waals surface area (Å²) in [5.74, 6) is 0.0196. The van der Waals surface area contributed by atoms with E-state index >= 15 is 0 Å². The molecule has 10 heteroatoms. The molecule has 1 aliphatic rings. The Morgan fingerprint density at radius 3 is 2.29 bits per heavy atom. The van der Waals surface area contributed by atoms with Crippen molar-refractivity contribution < 1.29 is 31.9 Å². The molecule has 1 aliphatic heterocycles. The number of hydrogen-bond acceptors (Lipinski definition) is 5. The highest BCUT2D eigenvalue weighted by Crippen LogP contribution is 2.33. The van der Waals surface area contributed by atoms with Gasteiger partial charge in [0.15, 0.2) is 5.11 Å². The molecule has 6 nitrogen and oxygen atoms in total. The second kappa shape index (κ2) is 9.98. The highest BCUT2D eigenvalue weighted by Gasteiger charge is 2.35. The van der Waals surface area contributed by atoms with Gasteiger partial charge in [0.05, 0.1) is 11.3 Å². The number of anilines is 1. The van der Waals surface area contributed by atoms with E-state index in [0.717, 1.165) is 17.0 Å². The van der Waals surface area contributed by atoms with Gasteiger partial charge < -0.3 is 9.15 Å². The molecule has 0 aliphatic carbocycles. The van der Waals surface area contributed by atoms with Gasteiger partial charge in [0, 0.05) is 5.56 Å². The van der Waals surface area contributed by atoms with Gasteiger partial charge in [-0.2, -0.15) is 13.2 Å². The number of para-hydroxylation sites is 1. The number of carbonyl (C=O) groups excluding carboxylic acids is 2. The molecule has 1 fully saturated rings. The number of nitrogens with zero attached hydrogens (tertiary/aromatic N) is 1. The summed E-state index contributed by atoms with van der Waals surface area (Å²) >= 11 is 5.23. The maximum Gasteiger partial charge on any atom is 0.416 e. The number of halogens is 3. The number of ether oxygens (including phenoxy) is 1. The first kappa shape index (κ1) is 25.0. The molecule has 2 heterocycles. The van der Waals surface area contributed by atoms with Crippen molar-refractivity contribution in [1.82, 2.24) is 5.32 Å². The maximum absolute atomic E-state index is 13.3.